The van der Waals surface area contributed by atoms with E-state index in [0.717, 1.165) is 17.7 Å². The zero-order valence-electron chi connectivity index (χ0n) is 13.2. The Labute approximate surface area is 136 Å². The molecule has 23 heavy (non-hydrogen) atoms. The van der Waals surface area contributed by atoms with Crippen molar-refractivity contribution in [3.8, 4) is 5.75 Å². The Hall–Kier alpha value is -2.62. The summed E-state index contributed by atoms with van der Waals surface area (Å²) in [6.45, 7) is 2.53. The molecule has 0 aliphatic heterocycles. The number of rotatable bonds is 5. The summed E-state index contributed by atoms with van der Waals surface area (Å²) in [5.74, 6) is 0.524. The Bertz CT molecular complexity index is 721. The van der Waals surface area contributed by atoms with Gasteiger partial charge in [-0.25, -0.2) is 5.43 Å². The number of fused-ring (bicyclic) bond motifs is 1. The summed E-state index contributed by atoms with van der Waals surface area (Å²) in [6, 6.07) is 13.4. The Kier molecular flexibility index (Phi) is 4.71. The molecule has 118 valence electrons. The number of hydrogen-bond acceptors (Lipinski definition) is 3. The number of carbonyl (C=O) groups excluding carboxylic acids is 1. The molecule has 1 aliphatic carbocycles. The molecule has 0 atom stereocenters. The number of amides is 1. The van der Waals surface area contributed by atoms with Gasteiger partial charge in [-0.05, 0) is 73.2 Å². The second kappa shape index (κ2) is 7.09. The van der Waals surface area contributed by atoms with Crippen molar-refractivity contribution in [3.05, 3.63) is 64.7 Å². The van der Waals surface area contributed by atoms with Gasteiger partial charge in [0.15, 0.2) is 0 Å². The molecule has 0 spiro atoms. The summed E-state index contributed by atoms with van der Waals surface area (Å²) < 4.78 is 5.35. The van der Waals surface area contributed by atoms with E-state index in [-0.39, 0.29) is 5.91 Å². The third-order valence-electron chi connectivity index (χ3n) is 3.93. The van der Waals surface area contributed by atoms with Gasteiger partial charge in [-0.3, -0.25) is 4.79 Å². The summed E-state index contributed by atoms with van der Waals surface area (Å²) >= 11 is 0. The summed E-state index contributed by atoms with van der Waals surface area (Å²) in [7, 11) is 0. The number of aryl methyl sites for hydroxylation is 2. The second-order valence-electron chi connectivity index (χ2n) is 5.54. The van der Waals surface area contributed by atoms with E-state index in [4.69, 9.17) is 4.74 Å². The van der Waals surface area contributed by atoms with Gasteiger partial charge in [0.05, 0.1) is 12.8 Å². The largest absolute Gasteiger partial charge is 0.494 e. The average molecular weight is 308 g/mol. The lowest BCUT2D eigenvalue weighted by Gasteiger charge is -2.04. The predicted molar refractivity (Wildman–Crippen MR) is 91.1 cm³/mol. The van der Waals surface area contributed by atoms with Crippen LogP contribution in [0, 0.1) is 0 Å². The van der Waals surface area contributed by atoms with Crippen LogP contribution in [0.2, 0.25) is 0 Å². The molecule has 1 aliphatic rings. The number of nitrogens with zero attached hydrogens (tertiary/aromatic N) is 1. The van der Waals surface area contributed by atoms with Crippen molar-refractivity contribution in [3.63, 3.8) is 0 Å². The number of nitrogens with one attached hydrogen (secondary N) is 1. The Morgan fingerprint density at radius 1 is 1.17 bits per heavy atom. The molecule has 3 rings (SSSR count). The van der Waals surface area contributed by atoms with E-state index < -0.39 is 0 Å². The van der Waals surface area contributed by atoms with Crippen LogP contribution < -0.4 is 10.2 Å². The van der Waals surface area contributed by atoms with E-state index in [1.54, 1.807) is 30.5 Å². The van der Waals surface area contributed by atoms with Crippen molar-refractivity contribution >= 4 is 12.1 Å². The van der Waals surface area contributed by atoms with Gasteiger partial charge in [0.1, 0.15) is 5.75 Å². The fourth-order valence-corrected chi connectivity index (χ4v) is 2.77. The standard InChI is InChI=1S/C19H20N2O2/c1-2-23-18-10-8-16(9-11-18)19(22)21-20-13-14-6-7-15-4-3-5-17(15)12-14/h6-13H,2-5H2,1H3,(H,21,22)/b20-13-. The summed E-state index contributed by atoms with van der Waals surface area (Å²) in [5.41, 5.74) is 6.95. The maximum absolute atomic E-state index is 12.0. The van der Waals surface area contributed by atoms with E-state index in [0.29, 0.717) is 12.2 Å². The Morgan fingerprint density at radius 3 is 2.74 bits per heavy atom. The van der Waals surface area contributed by atoms with Crippen LogP contribution in [0.5, 0.6) is 5.75 Å². The van der Waals surface area contributed by atoms with E-state index in [1.165, 1.54) is 24.0 Å². The van der Waals surface area contributed by atoms with E-state index >= 15 is 0 Å². The molecular formula is C19H20N2O2. The van der Waals surface area contributed by atoms with Gasteiger partial charge in [0, 0.05) is 5.56 Å². The van der Waals surface area contributed by atoms with Crippen molar-refractivity contribution < 1.29 is 9.53 Å². The molecule has 2 aromatic carbocycles. The monoisotopic (exact) mass is 308 g/mol. The Balaban J connectivity index is 1.59. The van der Waals surface area contributed by atoms with Crippen molar-refractivity contribution in [2.75, 3.05) is 6.61 Å². The minimum Gasteiger partial charge on any atom is -0.494 e. The molecule has 0 aromatic heterocycles. The van der Waals surface area contributed by atoms with Gasteiger partial charge in [-0.15, -0.1) is 0 Å². The van der Waals surface area contributed by atoms with Crippen molar-refractivity contribution in [2.24, 2.45) is 5.10 Å². The quantitative estimate of drug-likeness (QED) is 0.680. The first-order valence-electron chi connectivity index (χ1n) is 7.94. The van der Waals surface area contributed by atoms with Crippen LogP contribution in [-0.2, 0) is 12.8 Å². The highest BCUT2D eigenvalue weighted by molar-refractivity contribution is 5.95. The highest BCUT2D eigenvalue weighted by Crippen LogP contribution is 2.22. The molecule has 0 saturated heterocycles. The zero-order chi connectivity index (χ0) is 16.1. The number of ether oxygens (including phenoxy) is 1. The lowest BCUT2D eigenvalue weighted by Crippen LogP contribution is -2.17. The minimum atomic E-state index is -0.231. The molecule has 0 saturated carbocycles. The van der Waals surface area contributed by atoms with Crippen LogP contribution in [0.25, 0.3) is 0 Å². The van der Waals surface area contributed by atoms with Gasteiger partial charge >= 0.3 is 0 Å². The van der Waals surface area contributed by atoms with Crippen molar-refractivity contribution in [2.45, 2.75) is 26.2 Å². The van der Waals surface area contributed by atoms with Gasteiger partial charge in [-0.2, -0.15) is 5.10 Å². The number of hydrogen-bond donors (Lipinski definition) is 1. The smallest absolute Gasteiger partial charge is 0.271 e. The number of hydrazone groups is 1. The van der Waals surface area contributed by atoms with E-state index in [1.807, 2.05) is 13.0 Å². The summed E-state index contributed by atoms with van der Waals surface area (Å²) in [4.78, 5) is 12.0. The molecule has 0 bridgehead atoms. The predicted octanol–water partition coefficient (Wildman–Crippen LogP) is 3.34. The average Bonchev–Trinajstić information content (AvgIpc) is 3.03. The van der Waals surface area contributed by atoms with Crippen LogP contribution in [0.4, 0.5) is 0 Å². The van der Waals surface area contributed by atoms with Gasteiger partial charge < -0.3 is 4.74 Å². The van der Waals surface area contributed by atoms with Crippen molar-refractivity contribution in [1.82, 2.24) is 5.43 Å². The first-order chi connectivity index (χ1) is 11.3. The molecule has 0 heterocycles. The molecule has 0 radical (unpaired) electrons. The van der Waals surface area contributed by atoms with Crippen LogP contribution in [0.1, 0.15) is 40.4 Å². The molecule has 4 nitrogen and oxygen atoms in total. The number of carbonyl (C=O) groups is 1. The van der Waals surface area contributed by atoms with Crippen LogP contribution in [-0.4, -0.2) is 18.7 Å². The lowest BCUT2D eigenvalue weighted by molar-refractivity contribution is 0.0955. The van der Waals surface area contributed by atoms with Gasteiger partial charge in [-0.1, -0.05) is 12.1 Å². The van der Waals surface area contributed by atoms with Crippen LogP contribution in [0.15, 0.2) is 47.6 Å². The fraction of sp³-hybridized carbons (Fsp3) is 0.263. The molecule has 0 fully saturated rings. The Morgan fingerprint density at radius 2 is 1.96 bits per heavy atom. The topological polar surface area (TPSA) is 50.7 Å². The molecule has 1 N–H and O–H groups in total. The third kappa shape index (κ3) is 3.77. The summed E-state index contributed by atoms with van der Waals surface area (Å²) in [6.07, 6.45) is 5.21. The van der Waals surface area contributed by atoms with Crippen molar-refractivity contribution in [1.29, 1.82) is 0 Å². The second-order valence-corrected chi connectivity index (χ2v) is 5.54. The minimum absolute atomic E-state index is 0.231. The van der Waals surface area contributed by atoms with Gasteiger partial charge in [0.25, 0.3) is 5.91 Å². The highest BCUT2D eigenvalue weighted by Gasteiger charge is 2.10. The molecule has 2 aromatic rings. The maximum Gasteiger partial charge on any atom is 0.271 e. The maximum atomic E-state index is 12.0. The summed E-state index contributed by atoms with van der Waals surface area (Å²) in [5, 5.41) is 4.05. The van der Waals surface area contributed by atoms with E-state index in [2.05, 4.69) is 22.7 Å². The molecule has 4 heteroatoms. The molecule has 0 unspecified atom stereocenters. The fourth-order valence-electron chi connectivity index (χ4n) is 2.77. The first-order valence-corrected chi connectivity index (χ1v) is 7.94. The van der Waals surface area contributed by atoms with Crippen LogP contribution >= 0.6 is 0 Å². The van der Waals surface area contributed by atoms with Gasteiger partial charge in [0.2, 0.25) is 0 Å². The lowest BCUT2D eigenvalue weighted by atomic mass is 10.1. The molecule has 1 amide bonds. The first kappa shape index (κ1) is 15.3. The number of benzene rings is 2. The molecular weight excluding hydrogens is 288 g/mol. The normalized spacial score (nSPS) is 13.1. The SMILES string of the molecule is CCOc1ccc(C(=O)N/N=C\c2ccc3c(c2)CCC3)cc1. The highest BCUT2D eigenvalue weighted by atomic mass is 16.5. The van der Waals surface area contributed by atoms with Crippen LogP contribution in [0.3, 0.4) is 0 Å². The zero-order valence-corrected chi connectivity index (χ0v) is 13.2. The van der Waals surface area contributed by atoms with E-state index in [9.17, 15) is 4.79 Å². The third-order valence-corrected chi connectivity index (χ3v) is 3.93.